The maximum atomic E-state index is 11.0. The monoisotopic (exact) mass is 582 g/mol. The molecule has 0 amide bonds. The van der Waals surface area contributed by atoms with E-state index in [4.69, 9.17) is 4.74 Å². The third-order valence-corrected chi connectivity index (χ3v) is 4.93. The lowest BCUT2D eigenvalue weighted by Crippen LogP contribution is -2.04. The molecule has 3 rings (SSSR count). The van der Waals surface area contributed by atoms with Crippen molar-refractivity contribution in [3.05, 3.63) is 91.8 Å². The molecule has 148 valence electrons. The number of halogens is 3. The van der Waals surface area contributed by atoms with Crippen LogP contribution in [0.1, 0.15) is 5.56 Å². The molecule has 0 atom stereocenters. The zero-order chi connectivity index (χ0) is 21.4. The summed E-state index contributed by atoms with van der Waals surface area (Å²) in [6.07, 6.45) is 5.62. The van der Waals surface area contributed by atoms with E-state index in [-0.39, 0.29) is 5.57 Å². The Morgan fingerprint density at radius 3 is 2.14 bits per heavy atom. The largest absolute Gasteiger partial charge is 0.421 e. The fourth-order valence-corrected chi connectivity index (χ4v) is 4.42. The van der Waals surface area contributed by atoms with Crippen molar-refractivity contribution in [1.29, 1.82) is 0 Å². The topological polar surface area (TPSA) is 69.7 Å². The molecule has 0 aromatic heterocycles. The van der Waals surface area contributed by atoms with E-state index in [1.54, 1.807) is 24.3 Å². The van der Waals surface area contributed by atoms with Crippen LogP contribution in [0.5, 0.6) is 5.75 Å². The van der Waals surface area contributed by atoms with Crippen molar-refractivity contribution >= 4 is 71.8 Å². The fraction of sp³-hybridized carbons (Fsp3) is 0. The van der Waals surface area contributed by atoms with Crippen LogP contribution in [0.2, 0.25) is 0 Å². The molecule has 2 aromatic rings. The zero-order valence-electron chi connectivity index (χ0n) is 14.7. The van der Waals surface area contributed by atoms with Gasteiger partial charge in [-0.25, -0.2) is 14.4 Å². The molecular formula is C21H13Br3O5. The van der Waals surface area contributed by atoms with E-state index in [0.29, 0.717) is 14.7 Å². The molecule has 0 radical (unpaired) electrons. The Morgan fingerprint density at radius 1 is 1.00 bits per heavy atom. The molecule has 2 aromatic carbocycles. The Kier molecular flexibility index (Phi) is 8.75. The highest BCUT2D eigenvalue weighted by Gasteiger charge is 2.20. The van der Waals surface area contributed by atoms with Gasteiger partial charge < -0.3 is 9.47 Å². The van der Waals surface area contributed by atoms with E-state index in [9.17, 15) is 14.4 Å². The predicted molar refractivity (Wildman–Crippen MR) is 120 cm³/mol. The minimum absolute atomic E-state index is 0.281. The van der Waals surface area contributed by atoms with Crippen molar-refractivity contribution in [2.24, 2.45) is 0 Å². The summed E-state index contributed by atoms with van der Waals surface area (Å²) in [4.78, 5) is 32.7. The molecule has 0 saturated heterocycles. The molecular weight excluding hydrogens is 572 g/mol. The minimum Gasteiger partial charge on any atom is -0.421 e. The van der Waals surface area contributed by atoms with E-state index in [2.05, 4.69) is 59.1 Å². The molecule has 1 aliphatic heterocycles. The van der Waals surface area contributed by atoms with E-state index >= 15 is 0 Å². The van der Waals surface area contributed by atoms with Crippen molar-refractivity contribution in [3.8, 4) is 5.75 Å². The molecule has 0 N–H and O–H groups in total. The van der Waals surface area contributed by atoms with E-state index < -0.39 is 17.9 Å². The molecule has 0 unspecified atom stereocenters. The van der Waals surface area contributed by atoms with Crippen LogP contribution in [-0.2, 0) is 19.1 Å². The molecule has 1 aliphatic rings. The number of ether oxygens (including phenoxy) is 2. The Balaban J connectivity index is 0.000000208. The van der Waals surface area contributed by atoms with Gasteiger partial charge in [0, 0.05) is 16.6 Å². The smallest absolute Gasteiger partial charge is 0.346 e. The Hall–Kier alpha value is -2.29. The first-order valence-electron chi connectivity index (χ1n) is 8.00. The molecule has 0 aliphatic carbocycles. The summed E-state index contributed by atoms with van der Waals surface area (Å²) < 4.78 is 11.6. The van der Waals surface area contributed by atoms with Crippen molar-refractivity contribution in [2.75, 3.05) is 0 Å². The van der Waals surface area contributed by atoms with Crippen LogP contribution in [-0.4, -0.2) is 17.9 Å². The second kappa shape index (κ2) is 11.0. The lowest BCUT2D eigenvalue weighted by molar-refractivity contribution is -0.150. The quantitative estimate of drug-likeness (QED) is 0.197. The van der Waals surface area contributed by atoms with Crippen LogP contribution in [0.4, 0.5) is 0 Å². The average molecular weight is 585 g/mol. The highest BCUT2D eigenvalue weighted by molar-refractivity contribution is 9.11. The van der Waals surface area contributed by atoms with Gasteiger partial charge in [0.2, 0.25) is 0 Å². The van der Waals surface area contributed by atoms with Gasteiger partial charge in [0.25, 0.3) is 0 Å². The summed E-state index contributed by atoms with van der Waals surface area (Å²) in [6, 6.07) is 13.1. The number of hydrogen-bond donors (Lipinski definition) is 0. The lowest BCUT2D eigenvalue weighted by Gasteiger charge is -2.06. The van der Waals surface area contributed by atoms with Crippen molar-refractivity contribution in [3.63, 3.8) is 0 Å². The standard InChI is InChI=1S/C12H8O3.C9H5Br3O2/c13-11-8-10(12(14)15-11)7-6-9-4-2-1-3-5-9;1-2-8(13)14-9-6(11)3-5(10)4-7(9)12/h1-8H;2-4H,1H2. The van der Waals surface area contributed by atoms with Crippen LogP contribution in [0.25, 0.3) is 6.08 Å². The SMILES string of the molecule is C=CC(=O)Oc1c(Br)cc(Br)cc1Br.O=C1C=C(C=Cc2ccccc2)C(=O)O1. The maximum absolute atomic E-state index is 11.0. The number of benzene rings is 2. The number of carbonyl (C=O) groups is 3. The van der Waals surface area contributed by atoms with Gasteiger partial charge >= 0.3 is 17.9 Å². The van der Waals surface area contributed by atoms with Gasteiger partial charge in [-0.1, -0.05) is 58.9 Å². The molecule has 29 heavy (non-hydrogen) atoms. The molecule has 8 heteroatoms. The van der Waals surface area contributed by atoms with E-state index in [1.165, 1.54) is 6.08 Å². The first kappa shape index (κ1) is 23.0. The lowest BCUT2D eigenvalue weighted by atomic mass is 10.1. The molecule has 0 spiro atoms. The summed E-state index contributed by atoms with van der Waals surface area (Å²) >= 11 is 9.88. The Labute approximate surface area is 192 Å². The predicted octanol–water partition coefficient (Wildman–Crippen LogP) is 5.78. The minimum atomic E-state index is -0.604. The number of carbonyl (C=O) groups excluding carboxylic acids is 3. The van der Waals surface area contributed by atoms with Crippen LogP contribution < -0.4 is 4.74 Å². The first-order valence-corrected chi connectivity index (χ1v) is 10.4. The van der Waals surface area contributed by atoms with Crippen molar-refractivity contribution in [2.45, 2.75) is 0 Å². The summed E-state index contributed by atoms with van der Waals surface area (Å²) in [6.45, 7) is 3.32. The van der Waals surface area contributed by atoms with Gasteiger partial charge in [0.1, 0.15) is 0 Å². The van der Waals surface area contributed by atoms with Gasteiger partial charge in [-0.05, 0) is 55.6 Å². The first-order chi connectivity index (χ1) is 13.8. The second-order valence-corrected chi connectivity index (χ2v) is 8.00. The summed E-state index contributed by atoms with van der Waals surface area (Å²) in [5, 5.41) is 0. The van der Waals surface area contributed by atoms with Crippen LogP contribution in [0, 0.1) is 0 Å². The normalized spacial score (nSPS) is 12.7. The number of rotatable bonds is 4. The zero-order valence-corrected chi connectivity index (χ0v) is 19.5. The third-order valence-electron chi connectivity index (χ3n) is 3.29. The molecule has 0 bridgehead atoms. The molecule has 0 fully saturated rings. The van der Waals surface area contributed by atoms with Gasteiger partial charge in [-0.2, -0.15) is 0 Å². The molecule has 0 saturated carbocycles. The van der Waals surface area contributed by atoms with Gasteiger partial charge in [0.05, 0.1) is 14.5 Å². The van der Waals surface area contributed by atoms with Crippen molar-refractivity contribution in [1.82, 2.24) is 0 Å². The summed E-state index contributed by atoms with van der Waals surface area (Å²) in [5.74, 6) is -1.24. The Morgan fingerprint density at radius 2 is 1.62 bits per heavy atom. The second-order valence-electron chi connectivity index (χ2n) is 5.38. The van der Waals surface area contributed by atoms with Crippen LogP contribution >= 0.6 is 47.8 Å². The van der Waals surface area contributed by atoms with Crippen LogP contribution in [0.3, 0.4) is 0 Å². The van der Waals surface area contributed by atoms with E-state index in [1.807, 2.05) is 30.3 Å². The van der Waals surface area contributed by atoms with Gasteiger partial charge in [0.15, 0.2) is 5.75 Å². The average Bonchev–Trinajstić information content (AvgIpc) is 3.01. The van der Waals surface area contributed by atoms with Crippen LogP contribution in [0.15, 0.2) is 86.3 Å². The fourth-order valence-electron chi connectivity index (χ4n) is 2.00. The van der Waals surface area contributed by atoms with Gasteiger partial charge in [-0.3, -0.25) is 0 Å². The number of cyclic esters (lactones) is 2. The van der Waals surface area contributed by atoms with Crippen molar-refractivity contribution < 1.29 is 23.9 Å². The van der Waals surface area contributed by atoms with E-state index in [0.717, 1.165) is 16.1 Å². The summed E-state index contributed by atoms with van der Waals surface area (Å²) in [7, 11) is 0. The van der Waals surface area contributed by atoms with Gasteiger partial charge in [-0.15, -0.1) is 0 Å². The molecule has 1 heterocycles. The third kappa shape index (κ3) is 7.23. The Bertz CT molecular complexity index is 987. The highest BCUT2D eigenvalue weighted by Crippen LogP contribution is 2.36. The molecule has 5 nitrogen and oxygen atoms in total. The number of hydrogen-bond acceptors (Lipinski definition) is 5. The maximum Gasteiger partial charge on any atom is 0.346 e. The summed E-state index contributed by atoms with van der Waals surface area (Å²) in [5.41, 5.74) is 1.24. The highest BCUT2D eigenvalue weighted by atomic mass is 79.9. The number of esters is 3.